The van der Waals surface area contributed by atoms with Crippen LogP contribution in [-0.2, 0) is 28.6 Å². The zero-order valence-electron chi connectivity index (χ0n) is 44.9. The van der Waals surface area contributed by atoms with Crippen molar-refractivity contribution in [2.75, 3.05) is 13.2 Å². The van der Waals surface area contributed by atoms with Crippen molar-refractivity contribution in [2.45, 2.75) is 290 Å². The first-order valence-corrected chi connectivity index (χ1v) is 28.9. The quantitative estimate of drug-likeness (QED) is 0.0262. The summed E-state index contributed by atoms with van der Waals surface area (Å²) in [5, 5.41) is 0. The summed E-state index contributed by atoms with van der Waals surface area (Å²) in [4.78, 5) is 38.1. The minimum Gasteiger partial charge on any atom is -0.462 e. The van der Waals surface area contributed by atoms with Crippen molar-refractivity contribution in [3.05, 3.63) is 72.9 Å². The standard InChI is InChI=1S/C62H108O6/c1-4-7-10-13-16-19-22-25-27-29-30-31-32-34-35-37-40-43-46-49-52-55-61(64)67-58-59(57-66-60(63)54-51-48-45-42-39-24-21-18-15-12-9-6-3)68-62(65)56-53-50-47-44-41-38-36-33-28-26-23-20-17-14-11-8-5-2/h7,10,16,19,25,27,30-31,34-35,40,43,59H,4-6,8-9,11-15,17-18,20-24,26,28-29,32-33,36-39,41-42,44-58H2,1-3H3/b10-7-,19-16-,27-25-,31-30-,35-34-,43-40-. The lowest BCUT2D eigenvalue weighted by Crippen LogP contribution is -2.30. The van der Waals surface area contributed by atoms with Gasteiger partial charge < -0.3 is 14.2 Å². The molecule has 0 saturated heterocycles. The van der Waals surface area contributed by atoms with Crippen molar-refractivity contribution in [1.29, 1.82) is 0 Å². The Morgan fingerprint density at radius 1 is 0.309 bits per heavy atom. The number of hydrogen-bond donors (Lipinski definition) is 0. The molecule has 0 heterocycles. The second kappa shape index (κ2) is 56.4. The number of carbonyl (C=O) groups is 3. The molecule has 0 radical (unpaired) electrons. The first-order chi connectivity index (χ1) is 33.5. The fourth-order valence-corrected chi connectivity index (χ4v) is 8.15. The van der Waals surface area contributed by atoms with E-state index in [9.17, 15) is 14.4 Å². The highest BCUT2D eigenvalue weighted by Gasteiger charge is 2.19. The van der Waals surface area contributed by atoms with Crippen LogP contribution in [0.1, 0.15) is 284 Å². The lowest BCUT2D eigenvalue weighted by atomic mass is 10.0. The number of allylic oxidation sites excluding steroid dienone is 12. The SMILES string of the molecule is CC/C=C\C/C=C\C/C=C\C/C=C\C/C=C\C/C=C\CCCCC(=O)OCC(COC(=O)CCCCCCCCCCCCCC)OC(=O)CCCCCCCCCCCCCCCCCCC. The van der Waals surface area contributed by atoms with E-state index in [4.69, 9.17) is 14.2 Å². The molecule has 6 heteroatoms. The Hall–Kier alpha value is -3.15. The predicted octanol–water partition coefficient (Wildman–Crippen LogP) is 19.4. The zero-order chi connectivity index (χ0) is 49.3. The second-order valence-corrected chi connectivity index (χ2v) is 19.2. The summed E-state index contributed by atoms with van der Waals surface area (Å²) in [5.74, 6) is -0.919. The van der Waals surface area contributed by atoms with Crippen LogP contribution in [0.4, 0.5) is 0 Å². The van der Waals surface area contributed by atoms with Crippen LogP contribution >= 0.6 is 0 Å². The van der Waals surface area contributed by atoms with Crippen molar-refractivity contribution < 1.29 is 28.6 Å². The Kier molecular flexibility index (Phi) is 53.8. The Balaban J connectivity index is 4.41. The van der Waals surface area contributed by atoms with Crippen LogP contribution in [0.3, 0.4) is 0 Å². The fraction of sp³-hybridized carbons (Fsp3) is 0.758. The van der Waals surface area contributed by atoms with E-state index in [2.05, 4.69) is 93.7 Å². The summed E-state index contributed by atoms with van der Waals surface area (Å²) >= 11 is 0. The first kappa shape index (κ1) is 64.8. The molecule has 68 heavy (non-hydrogen) atoms. The van der Waals surface area contributed by atoms with Crippen molar-refractivity contribution in [2.24, 2.45) is 0 Å². The molecule has 0 aliphatic carbocycles. The third-order valence-corrected chi connectivity index (χ3v) is 12.5. The van der Waals surface area contributed by atoms with Crippen LogP contribution in [-0.4, -0.2) is 37.2 Å². The van der Waals surface area contributed by atoms with Gasteiger partial charge in [-0.05, 0) is 70.6 Å². The molecule has 0 aromatic heterocycles. The molecule has 0 N–H and O–H groups in total. The van der Waals surface area contributed by atoms with Gasteiger partial charge in [0.2, 0.25) is 0 Å². The third kappa shape index (κ3) is 53.8. The van der Waals surface area contributed by atoms with Crippen LogP contribution in [0.5, 0.6) is 0 Å². The van der Waals surface area contributed by atoms with Gasteiger partial charge in [-0.3, -0.25) is 14.4 Å². The van der Waals surface area contributed by atoms with Gasteiger partial charge in [-0.15, -0.1) is 0 Å². The van der Waals surface area contributed by atoms with Gasteiger partial charge in [-0.25, -0.2) is 0 Å². The molecule has 0 aliphatic heterocycles. The van der Waals surface area contributed by atoms with Gasteiger partial charge >= 0.3 is 17.9 Å². The van der Waals surface area contributed by atoms with Gasteiger partial charge in [0.05, 0.1) is 0 Å². The smallest absolute Gasteiger partial charge is 0.306 e. The lowest BCUT2D eigenvalue weighted by molar-refractivity contribution is -0.167. The van der Waals surface area contributed by atoms with Gasteiger partial charge in [0.25, 0.3) is 0 Å². The van der Waals surface area contributed by atoms with E-state index in [0.717, 1.165) is 96.3 Å². The van der Waals surface area contributed by atoms with Crippen molar-refractivity contribution >= 4 is 17.9 Å². The first-order valence-electron chi connectivity index (χ1n) is 28.9. The number of esters is 3. The van der Waals surface area contributed by atoms with Gasteiger partial charge in [-0.2, -0.15) is 0 Å². The largest absolute Gasteiger partial charge is 0.462 e. The van der Waals surface area contributed by atoms with E-state index in [1.54, 1.807) is 0 Å². The van der Waals surface area contributed by atoms with Gasteiger partial charge in [0, 0.05) is 19.3 Å². The third-order valence-electron chi connectivity index (χ3n) is 12.5. The molecule has 0 bridgehead atoms. The average Bonchev–Trinajstić information content (AvgIpc) is 3.34. The lowest BCUT2D eigenvalue weighted by Gasteiger charge is -2.18. The maximum atomic E-state index is 12.9. The van der Waals surface area contributed by atoms with Crippen LogP contribution in [0.25, 0.3) is 0 Å². The molecule has 6 nitrogen and oxygen atoms in total. The summed E-state index contributed by atoms with van der Waals surface area (Å²) in [6.07, 6.45) is 71.8. The Morgan fingerprint density at radius 3 is 0.897 bits per heavy atom. The summed E-state index contributed by atoms with van der Waals surface area (Å²) in [6.45, 7) is 6.51. The van der Waals surface area contributed by atoms with Crippen LogP contribution < -0.4 is 0 Å². The molecule has 0 aromatic rings. The van der Waals surface area contributed by atoms with Gasteiger partial charge in [-0.1, -0.05) is 267 Å². The summed E-state index contributed by atoms with van der Waals surface area (Å²) in [7, 11) is 0. The fourth-order valence-electron chi connectivity index (χ4n) is 8.15. The molecule has 0 spiro atoms. The number of carbonyl (C=O) groups excluding carboxylic acids is 3. The molecule has 0 aliphatic rings. The number of ether oxygens (including phenoxy) is 3. The van der Waals surface area contributed by atoms with E-state index in [-0.39, 0.29) is 31.1 Å². The molecule has 0 saturated carbocycles. The van der Waals surface area contributed by atoms with Crippen LogP contribution in [0, 0.1) is 0 Å². The minimum atomic E-state index is -0.790. The highest BCUT2D eigenvalue weighted by Crippen LogP contribution is 2.16. The van der Waals surface area contributed by atoms with Gasteiger partial charge in [0.15, 0.2) is 6.10 Å². The second-order valence-electron chi connectivity index (χ2n) is 19.2. The topological polar surface area (TPSA) is 78.9 Å². The Bertz CT molecular complexity index is 1270. The highest BCUT2D eigenvalue weighted by atomic mass is 16.6. The summed E-state index contributed by atoms with van der Waals surface area (Å²) in [6, 6.07) is 0. The molecule has 1 atom stereocenters. The summed E-state index contributed by atoms with van der Waals surface area (Å²) < 4.78 is 16.8. The predicted molar refractivity (Wildman–Crippen MR) is 293 cm³/mol. The maximum Gasteiger partial charge on any atom is 0.306 e. The van der Waals surface area contributed by atoms with E-state index in [1.807, 2.05) is 0 Å². The normalized spacial score (nSPS) is 12.6. The molecule has 0 amide bonds. The van der Waals surface area contributed by atoms with E-state index in [1.165, 1.54) is 148 Å². The monoisotopic (exact) mass is 949 g/mol. The highest BCUT2D eigenvalue weighted by molar-refractivity contribution is 5.71. The van der Waals surface area contributed by atoms with Crippen LogP contribution in [0.15, 0.2) is 72.9 Å². The molecule has 392 valence electrons. The number of unbranched alkanes of at least 4 members (excludes halogenated alkanes) is 29. The van der Waals surface area contributed by atoms with E-state index in [0.29, 0.717) is 19.3 Å². The Labute approximate surface area is 421 Å². The Morgan fingerprint density at radius 2 is 0.574 bits per heavy atom. The summed E-state index contributed by atoms with van der Waals surface area (Å²) in [5.41, 5.74) is 0. The minimum absolute atomic E-state index is 0.0855. The van der Waals surface area contributed by atoms with Crippen molar-refractivity contribution in [3.63, 3.8) is 0 Å². The molecular weight excluding hydrogens is 841 g/mol. The zero-order valence-corrected chi connectivity index (χ0v) is 44.9. The molecule has 1 unspecified atom stereocenters. The van der Waals surface area contributed by atoms with Gasteiger partial charge in [0.1, 0.15) is 13.2 Å². The molecule has 0 rings (SSSR count). The number of rotatable bonds is 52. The number of hydrogen-bond acceptors (Lipinski definition) is 6. The molecular formula is C62H108O6. The maximum absolute atomic E-state index is 12.9. The van der Waals surface area contributed by atoms with E-state index >= 15 is 0 Å². The average molecular weight is 950 g/mol. The molecule has 0 fully saturated rings. The molecule has 0 aromatic carbocycles. The van der Waals surface area contributed by atoms with E-state index < -0.39 is 6.10 Å². The van der Waals surface area contributed by atoms with Crippen LogP contribution in [0.2, 0.25) is 0 Å². The van der Waals surface area contributed by atoms with Crippen molar-refractivity contribution in [1.82, 2.24) is 0 Å². The van der Waals surface area contributed by atoms with Crippen molar-refractivity contribution in [3.8, 4) is 0 Å².